The van der Waals surface area contributed by atoms with Gasteiger partial charge in [0, 0.05) is 42.2 Å². The van der Waals surface area contributed by atoms with E-state index >= 15 is 0 Å². The molecular formula is C22H21F3N6O6S. The highest BCUT2D eigenvalue weighted by Crippen LogP contribution is 2.33. The first-order valence-electron chi connectivity index (χ1n) is 11.0. The summed E-state index contributed by atoms with van der Waals surface area (Å²) in [4.78, 5) is 29.6. The van der Waals surface area contributed by atoms with Crippen LogP contribution in [0.25, 0.3) is 27.0 Å². The van der Waals surface area contributed by atoms with Crippen LogP contribution < -0.4 is 9.74 Å². The zero-order valence-corrected chi connectivity index (χ0v) is 21.1. The Bertz CT molecular complexity index is 1650. The summed E-state index contributed by atoms with van der Waals surface area (Å²) < 4.78 is 72.1. The van der Waals surface area contributed by atoms with E-state index in [1.54, 1.807) is 32.9 Å². The highest BCUT2D eigenvalue weighted by atomic mass is 32.2. The average Bonchev–Trinajstić information content (AvgIpc) is 3.09. The minimum absolute atomic E-state index is 0.188. The SMILES string of the molecule is CC(C)(C)OC(=O)N1CCc2c(c3ccc(-n4ccc(OS(=O)(=O)C(F)(F)F)cc4=O)cc3n2N=[N+]=[N-])C1. The van der Waals surface area contributed by atoms with Crippen molar-refractivity contribution < 1.29 is 35.3 Å². The van der Waals surface area contributed by atoms with E-state index in [2.05, 4.69) is 14.3 Å². The molecule has 1 aliphatic rings. The number of carbonyl (C=O) groups is 1. The maximum atomic E-state index is 12.6. The van der Waals surface area contributed by atoms with Crippen molar-refractivity contribution in [1.82, 2.24) is 14.1 Å². The molecule has 12 nitrogen and oxygen atoms in total. The van der Waals surface area contributed by atoms with Gasteiger partial charge in [-0.15, -0.1) is 5.53 Å². The number of pyridine rings is 1. The van der Waals surface area contributed by atoms with Crippen LogP contribution in [0.1, 0.15) is 32.0 Å². The Morgan fingerprint density at radius 3 is 2.47 bits per heavy atom. The first-order valence-corrected chi connectivity index (χ1v) is 12.5. The normalized spacial score (nSPS) is 14.1. The predicted molar refractivity (Wildman–Crippen MR) is 128 cm³/mol. The second-order valence-corrected chi connectivity index (χ2v) is 10.9. The zero-order valence-electron chi connectivity index (χ0n) is 20.3. The molecule has 0 bridgehead atoms. The molecule has 0 atom stereocenters. The van der Waals surface area contributed by atoms with Gasteiger partial charge < -0.3 is 13.8 Å². The van der Waals surface area contributed by atoms with Gasteiger partial charge >= 0.3 is 21.7 Å². The number of benzene rings is 1. The summed E-state index contributed by atoms with van der Waals surface area (Å²) in [5.41, 5.74) is 3.99. The standard InChI is InChI=1S/C22H21F3N6O6S/c1-21(2,3)36-20(33)29-8-7-17-16(12-29)15-5-4-13(10-18(15)31(17)28-27-26)30-9-6-14(11-19(30)32)37-38(34,35)22(23,24)25/h4-6,9-11H,7-8,12H2,1-3H3. The van der Waals surface area contributed by atoms with Gasteiger partial charge in [0.15, 0.2) is 0 Å². The van der Waals surface area contributed by atoms with Crippen LogP contribution >= 0.6 is 0 Å². The number of carbonyl (C=O) groups excluding carboxylic acids is 1. The number of rotatable bonds is 4. The molecule has 0 N–H and O–H groups in total. The summed E-state index contributed by atoms with van der Waals surface area (Å²) in [5, 5.41) is 4.40. The fourth-order valence-electron chi connectivity index (χ4n) is 4.00. The molecule has 0 saturated carbocycles. The number of aromatic nitrogens is 2. The summed E-state index contributed by atoms with van der Waals surface area (Å²) >= 11 is 0. The topological polar surface area (TPSA) is 149 Å². The van der Waals surface area contributed by atoms with Crippen LogP contribution in [-0.4, -0.2) is 46.3 Å². The molecule has 1 aliphatic heterocycles. The van der Waals surface area contributed by atoms with Crippen molar-refractivity contribution in [3.05, 3.63) is 68.6 Å². The van der Waals surface area contributed by atoms with Crippen molar-refractivity contribution in [2.45, 2.75) is 44.8 Å². The minimum atomic E-state index is -5.94. The van der Waals surface area contributed by atoms with Gasteiger partial charge in [0.2, 0.25) is 0 Å². The van der Waals surface area contributed by atoms with Gasteiger partial charge in [0.25, 0.3) is 5.56 Å². The molecule has 2 aromatic heterocycles. The van der Waals surface area contributed by atoms with Gasteiger partial charge in [0.1, 0.15) is 22.6 Å². The molecule has 0 radical (unpaired) electrons. The second kappa shape index (κ2) is 9.29. The Balaban J connectivity index is 1.72. The van der Waals surface area contributed by atoms with Crippen molar-refractivity contribution in [2.24, 2.45) is 5.22 Å². The lowest BCUT2D eigenvalue weighted by Crippen LogP contribution is -2.40. The molecule has 38 heavy (non-hydrogen) atoms. The molecule has 16 heteroatoms. The predicted octanol–water partition coefficient (Wildman–Crippen LogP) is 4.39. The monoisotopic (exact) mass is 554 g/mol. The number of azide groups is 1. The highest BCUT2D eigenvalue weighted by Gasteiger charge is 2.48. The third kappa shape index (κ3) is 5.13. The molecule has 0 fully saturated rings. The Labute approximate surface area is 213 Å². The number of ether oxygens (including phenoxy) is 1. The fraction of sp³-hybridized carbons (Fsp3) is 0.364. The number of fused-ring (bicyclic) bond motifs is 3. The zero-order chi connectivity index (χ0) is 28.0. The van der Waals surface area contributed by atoms with Crippen LogP contribution in [0, 0.1) is 0 Å². The van der Waals surface area contributed by atoms with Crippen LogP contribution in [0.4, 0.5) is 18.0 Å². The number of amides is 1. The molecule has 0 unspecified atom stereocenters. The first-order chi connectivity index (χ1) is 17.6. The van der Waals surface area contributed by atoms with Gasteiger partial charge in [-0.25, -0.2) is 4.79 Å². The van der Waals surface area contributed by atoms with Gasteiger partial charge in [0.05, 0.1) is 12.2 Å². The Hall–Kier alpha value is -4.17. The smallest absolute Gasteiger partial charge is 0.444 e. The molecule has 4 rings (SSSR count). The number of halogens is 3. The lowest BCUT2D eigenvalue weighted by Gasteiger charge is -2.29. The van der Waals surface area contributed by atoms with Crippen molar-refractivity contribution >= 4 is 27.1 Å². The lowest BCUT2D eigenvalue weighted by atomic mass is 10.0. The summed E-state index contributed by atoms with van der Waals surface area (Å²) in [6.07, 6.45) is 0.915. The number of hydrogen-bond acceptors (Lipinski definition) is 7. The van der Waals surface area contributed by atoms with E-state index in [0.29, 0.717) is 35.6 Å². The number of hydrogen-bond donors (Lipinski definition) is 0. The van der Waals surface area contributed by atoms with E-state index in [9.17, 15) is 31.2 Å². The van der Waals surface area contributed by atoms with Crippen LogP contribution in [0.5, 0.6) is 5.75 Å². The van der Waals surface area contributed by atoms with E-state index in [1.165, 1.54) is 15.6 Å². The van der Waals surface area contributed by atoms with Crippen LogP contribution in [0.3, 0.4) is 0 Å². The molecule has 1 amide bonds. The van der Waals surface area contributed by atoms with Crippen molar-refractivity contribution in [2.75, 3.05) is 6.54 Å². The van der Waals surface area contributed by atoms with Gasteiger partial charge in [-0.05, 0) is 44.2 Å². The third-order valence-corrected chi connectivity index (χ3v) is 6.52. The third-order valence-electron chi connectivity index (χ3n) is 5.55. The molecule has 0 spiro atoms. The largest absolute Gasteiger partial charge is 0.534 e. The van der Waals surface area contributed by atoms with Crippen molar-refractivity contribution in [3.8, 4) is 11.4 Å². The van der Waals surface area contributed by atoms with E-state index in [-0.39, 0.29) is 12.2 Å². The maximum absolute atomic E-state index is 12.6. The maximum Gasteiger partial charge on any atom is 0.534 e. The molecule has 0 saturated heterocycles. The molecule has 1 aromatic carbocycles. The van der Waals surface area contributed by atoms with Crippen LogP contribution in [0.2, 0.25) is 0 Å². The summed E-state index contributed by atoms with van der Waals surface area (Å²) in [5.74, 6) is -0.806. The molecule has 3 heterocycles. The summed E-state index contributed by atoms with van der Waals surface area (Å²) in [7, 11) is -5.94. The van der Waals surface area contributed by atoms with E-state index in [0.717, 1.165) is 22.4 Å². The van der Waals surface area contributed by atoms with Crippen molar-refractivity contribution in [1.29, 1.82) is 0 Å². The van der Waals surface area contributed by atoms with Crippen molar-refractivity contribution in [3.63, 3.8) is 0 Å². The second-order valence-electron chi connectivity index (χ2n) is 9.32. The Morgan fingerprint density at radius 1 is 1.16 bits per heavy atom. The highest BCUT2D eigenvalue weighted by molar-refractivity contribution is 7.88. The lowest BCUT2D eigenvalue weighted by molar-refractivity contribution is -0.0500. The Morgan fingerprint density at radius 2 is 1.87 bits per heavy atom. The van der Waals surface area contributed by atoms with Gasteiger partial charge in [-0.3, -0.25) is 9.36 Å². The average molecular weight is 555 g/mol. The van der Waals surface area contributed by atoms with E-state index in [1.807, 2.05) is 0 Å². The summed E-state index contributed by atoms with van der Waals surface area (Å²) in [6, 6.07) is 6.21. The molecule has 3 aromatic rings. The quantitative estimate of drug-likeness (QED) is 0.154. The minimum Gasteiger partial charge on any atom is -0.444 e. The summed E-state index contributed by atoms with van der Waals surface area (Å²) in [6.45, 7) is 5.77. The Kier molecular flexibility index (Phi) is 6.57. The van der Waals surface area contributed by atoms with Gasteiger partial charge in [-0.1, -0.05) is 0 Å². The van der Waals surface area contributed by atoms with Crippen LogP contribution in [-0.2, 0) is 27.8 Å². The van der Waals surface area contributed by atoms with Crippen LogP contribution in [0.15, 0.2) is 46.5 Å². The fourth-order valence-corrected chi connectivity index (χ4v) is 4.45. The molecular weight excluding hydrogens is 533 g/mol. The molecule has 0 aliphatic carbocycles. The number of alkyl halides is 3. The van der Waals surface area contributed by atoms with Gasteiger partial charge in [-0.2, -0.15) is 31.2 Å². The first kappa shape index (κ1) is 26.9. The van der Waals surface area contributed by atoms with E-state index < -0.39 is 38.6 Å². The molecule has 202 valence electrons. The number of nitrogens with zero attached hydrogens (tertiary/aromatic N) is 6. The van der Waals surface area contributed by atoms with E-state index in [4.69, 9.17) is 10.3 Å².